The Labute approximate surface area is 173 Å². The highest BCUT2D eigenvalue weighted by Gasteiger charge is 2.37. The number of halogens is 3. The molecule has 0 bridgehead atoms. The third-order valence-corrected chi connectivity index (χ3v) is 5.91. The lowest BCUT2D eigenvalue weighted by atomic mass is 9.95. The second kappa shape index (κ2) is 8.13. The number of hydrogen-bond donors (Lipinski definition) is 1. The molecule has 1 aliphatic carbocycles. The molecule has 1 saturated heterocycles. The molecule has 4 rings (SSSR count). The average molecular weight is 416 g/mol. The zero-order valence-electron chi connectivity index (χ0n) is 16.5. The summed E-state index contributed by atoms with van der Waals surface area (Å²) in [4.78, 5) is 26.9. The van der Waals surface area contributed by atoms with E-state index in [1.54, 1.807) is 0 Å². The Balaban J connectivity index is 1.46. The molecule has 1 heterocycles. The van der Waals surface area contributed by atoms with Crippen LogP contribution in [0.4, 0.5) is 18.9 Å². The van der Waals surface area contributed by atoms with Crippen molar-refractivity contribution in [2.45, 2.75) is 38.3 Å². The average Bonchev–Trinajstić information content (AvgIpc) is 3.20. The number of fused-ring (bicyclic) bond motifs is 1. The third kappa shape index (κ3) is 4.20. The number of carbonyl (C=O) groups is 2. The Morgan fingerprint density at radius 2 is 1.77 bits per heavy atom. The molecule has 4 nitrogen and oxygen atoms in total. The zero-order valence-corrected chi connectivity index (χ0v) is 16.5. The number of piperidine rings is 1. The van der Waals surface area contributed by atoms with Gasteiger partial charge in [0.15, 0.2) is 0 Å². The Morgan fingerprint density at radius 1 is 1.00 bits per heavy atom. The molecule has 0 saturated carbocycles. The van der Waals surface area contributed by atoms with Crippen molar-refractivity contribution in [2.75, 3.05) is 18.4 Å². The largest absolute Gasteiger partial charge is 0.417 e. The number of likely N-dealkylation sites (tertiary alicyclic amines) is 1. The summed E-state index contributed by atoms with van der Waals surface area (Å²) in [6.07, 6.45) is -0.256. The summed E-state index contributed by atoms with van der Waals surface area (Å²) < 4.78 is 39.8. The molecule has 2 aliphatic rings. The first-order valence-electron chi connectivity index (χ1n) is 10.2. The van der Waals surface area contributed by atoms with E-state index in [2.05, 4.69) is 5.32 Å². The molecule has 2 aromatic carbocycles. The number of hydrogen-bond acceptors (Lipinski definition) is 2. The van der Waals surface area contributed by atoms with Gasteiger partial charge in [-0.25, -0.2) is 0 Å². The number of benzene rings is 2. The molecule has 1 atom stereocenters. The fraction of sp³-hybridized carbons (Fsp3) is 0.391. The number of nitrogens with one attached hydrogen (secondary N) is 1. The van der Waals surface area contributed by atoms with E-state index in [1.807, 2.05) is 18.2 Å². The Hall–Kier alpha value is -2.83. The minimum atomic E-state index is -4.60. The van der Waals surface area contributed by atoms with E-state index in [0.717, 1.165) is 31.0 Å². The molecule has 2 aromatic rings. The van der Waals surface area contributed by atoms with Gasteiger partial charge in [-0.05, 0) is 67.5 Å². The number of aryl methyl sites for hydroxylation is 2. The summed E-state index contributed by atoms with van der Waals surface area (Å²) in [5.74, 6) is -1.33. The minimum absolute atomic E-state index is 0.113. The molecule has 158 valence electrons. The highest BCUT2D eigenvalue weighted by atomic mass is 19.4. The maximum atomic E-state index is 13.3. The van der Waals surface area contributed by atoms with Crippen LogP contribution in [0.5, 0.6) is 0 Å². The van der Waals surface area contributed by atoms with Gasteiger partial charge in [0.05, 0.1) is 17.0 Å². The normalized spacial score (nSPS) is 18.8. The first kappa shape index (κ1) is 20.4. The van der Waals surface area contributed by atoms with Gasteiger partial charge in [-0.1, -0.05) is 18.2 Å². The number of amides is 2. The van der Waals surface area contributed by atoms with Gasteiger partial charge in [0, 0.05) is 18.8 Å². The van der Waals surface area contributed by atoms with E-state index in [1.165, 1.54) is 34.2 Å². The number of carbonyl (C=O) groups excluding carboxylic acids is 2. The summed E-state index contributed by atoms with van der Waals surface area (Å²) in [7, 11) is 0. The van der Waals surface area contributed by atoms with Crippen molar-refractivity contribution in [3.8, 4) is 0 Å². The van der Waals surface area contributed by atoms with Crippen LogP contribution in [0.15, 0.2) is 42.5 Å². The molecule has 30 heavy (non-hydrogen) atoms. The number of rotatable bonds is 3. The number of anilines is 1. The van der Waals surface area contributed by atoms with Crippen LogP contribution in [0, 0.1) is 5.92 Å². The van der Waals surface area contributed by atoms with Crippen LogP contribution in [0.3, 0.4) is 0 Å². The molecule has 1 N–H and O–H groups in total. The van der Waals surface area contributed by atoms with E-state index < -0.39 is 23.6 Å². The second-order valence-corrected chi connectivity index (χ2v) is 7.96. The summed E-state index contributed by atoms with van der Waals surface area (Å²) in [6.45, 7) is 0.454. The number of alkyl halides is 3. The topological polar surface area (TPSA) is 49.4 Å². The molecular formula is C23H23F3N2O2. The predicted molar refractivity (Wildman–Crippen MR) is 107 cm³/mol. The van der Waals surface area contributed by atoms with Crippen molar-refractivity contribution >= 4 is 17.5 Å². The van der Waals surface area contributed by atoms with Gasteiger partial charge in [-0.15, -0.1) is 0 Å². The second-order valence-electron chi connectivity index (χ2n) is 7.96. The SMILES string of the molecule is O=C(Nc1ccc2c(c1)CCC2)C1CCCN(C(=O)c2ccccc2C(F)(F)F)C1. The van der Waals surface area contributed by atoms with Crippen molar-refractivity contribution in [3.05, 3.63) is 64.7 Å². The van der Waals surface area contributed by atoms with E-state index in [9.17, 15) is 22.8 Å². The highest BCUT2D eigenvalue weighted by Crippen LogP contribution is 2.33. The van der Waals surface area contributed by atoms with Gasteiger partial charge < -0.3 is 10.2 Å². The summed E-state index contributed by atoms with van der Waals surface area (Å²) in [5.41, 5.74) is 1.97. The lowest BCUT2D eigenvalue weighted by Crippen LogP contribution is -2.44. The lowest BCUT2D eigenvalue weighted by Gasteiger charge is -2.32. The first-order chi connectivity index (χ1) is 14.3. The van der Waals surface area contributed by atoms with Crippen LogP contribution in [0.1, 0.15) is 46.3 Å². The van der Waals surface area contributed by atoms with Gasteiger partial charge in [-0.3, -0.25) is 9.59 Å². The molecule has 1 unspecified atom stereocenters. The van der Waals surface area contributed by atoms with Crippen LogP contribution in [-0.4, -0.2) is 29.8 Å². The fourth-order valence-electron chi connectivity index (χ4n) is 4.36. The lowest BCUT2D eigenvalue weighted by molar-refractivity contribution is -0.138. The third-order valence-electron chi connectivity index (χ3n) is 5.91. The monoisotopic (exact) mass is 416 g/mol. The van der Waals surface area contributed by atoms with Crippen LogP contribution < -0.4 is 5.32 Å². The van der Waals surface area contributed by atoms with E-state index in [-0.39, 0.29) is 18.0 Å². The number of nitrogens with zero attached hydrogens (tertiary/aromatic N) is 1. The van der Waals surface area contributed by atoms with E-state index >= 15 is 0 Å². The zero-order chi connectivity index (χ0) is 21.3. The molecule has 7 heteroatoms. The standard InChI is InChI=1S/C23H23F3N2O2/c24-23(25,26)20-9-2-1-8-19(20)22(30)28-12-4-7-17(14-28)21(29)27-18-11-10-15-5-3-6-16(15)13-18/h1-2,8-11,13,17H,3-7,12,14H2,(H,27,29). The molecular weight excluding hydrogens is 393 g/mol. The van der Waals surface area contributed by atoms with E-state index in [4.69, 9.17) is 0 Å². The quantitative estimate of drug-likeness (QED) is 0.790. The van der Waals surface area contributed by atoms with E-state index in [0.29, 0.717) is 19.4 Å². The van der Waals surface area contributed by atoms with Gasteiger partial charge in [-0.2, -0.15) is 13.2 Å². The van der Waals surface area contributed by atoms with Gasteiger partial charge in [0.25, 0.3) is 5.91 Å². The maximum absolute atomic E-state index is 13.3. The van der Waals surface area contributed by atoms with Gasteiger partial charge in [0.1, 0.15) is 0 Å². The van der Waals surface area contributed by atoms with Crippen molar-refractivity contribution < 1.29 is 22.8 Å². The van der Waals surface area contributed by atoms with Crippen LogP contribution in [-0.2, 0) is 23.8 Å². The minimum Gasteiger partial charge on any atom is -0.338 e. The van der Waals surface area contributed by atoms with Crippen molar-refractivity contribution in [3.63, 3.8) is 0 Å². The summed E-state index contributed by atoms with van der Waals surface area (Å²) >= 11 is 0. The van der Waals surface area contributed by atoms with Crippen LogP contribution >= 0.6 is 0 Å². The van der Waals surface area contributed by atoms with Crippen molar-refractivity contribution in [1.82, 2.24) is 4.90 Å². The van der Waals surface area contributed by atoms with Crippen molar-refractivity contribution in [1.29, 1.82) is 0 Å². The molecule has 0 aromatic heterocycles. The molecule has 0 spiro atoms. The van der Waals surface area contributed by atoms with Crippen LogP contribution in [0.2, 0.25) is 0 Å². The first-order valence-corrected chi connectivity index (χ1v) is 10.2. The van der Waals surface area contributed by atoms with Gasteiger partial charge in [0.2, 0.25) is 5.91 Å². The summed E-state index contributed by atoms with van der Waals surface area (Å²) in [5, 5.41) is 2.92. The Kier molecular flexibility index (Phi) is 5.54. The summed E-state index contributed by atoms with van der Waals surface area (Å²) in [6, 6.07) is 10.7. The molecule has 0 radical (unpaired) electrons. The predicted octanol–water partition coefficient (Wildman–Crippen LogP) is 4.69. The van der Waals surface area contributed by atoms with Crippen LogP contribution in [0.25, 0.3) is 0 Å². The highest BCUT2D eigenvalue weighted by molar-refractivity contribution is 5.97. The molecule has 1 fully saturated rings. The fourth-order valence-corrected chi connectivity index (χ4v) is 4.36. The van der Waals surface area contributed by atoms with Gasteiger partial charge >= 0.3 is 6.18 Å². The molecule has 2 amide bonds. The molecule has 1 aliphatic heterocycles. The Morgan fingerprint density at radius 3 is 2.57 bits per heavy atom. The maximum Gasteiger partial charge on any atom is 0.417 e. The smallest absolute Gasteiger partial charge is 0.338 e. The Bertz CT molecular complexity index is 971. The van der Waals surface area contributed by atoms with Crippen molar-refractivity contribution in [2.24, 2.45) is 5.92 Å².